The van der Waals surface area contributed by atoms with Crippen molar-refractivity contribution in [3.63, 3.8) is 0 Å². The fourth-order valence-corrected chi connectivity index (χ4v) is 3.98. The minimum atomic E-state index is -0.516. The van der Waals surface area contributed by atoms with E-state index in [-0.39, 0.29) is 5.91 Å². The molecule has 1 heterocycles. The highest BCUT2D eigenvalue weighted by Crippen LogP contribution is 2.34. The molecular weight excluding hydrogens is 362 g/mol. The van der Waals surface area contributed by atoms with E-state index in [1.807, 2.05) is 35.0 Å². The molecule has 3 rings (SSSR count). The monoisotopic (exact) mass is 387 g/mol. The van der Waals surface area contributed by atoms with E-state index < -0.39 is 11.3 Å². The maximum atomic E-state index is 12.1. The number of hydrogen-bond donors (Lipinski definition) is 2. The van der Waals surface area contributed by atoms with Gasteiger partial charge in [0.1, 0.15) is 5.82 Å². The molecule has 144 valence electrons. The molecule has 3 amide bonds. The second-order valence-electron chi connectivity index (χ2n) is 6.66. The summed E-state index contributed by atoms with van der Waals surface area (Å²) in [4.78, 5) is 28.2. The molecule has 1 aromatic carbocycles. The summed E-state index contributed by atoms with van der Waals surface area (Å²) in [5.41, 5.74) is 0.972. The van der Waals surface area contributed by atoms with Gasteiger partial charge in [-0.25, -0.2) is 14.5 Å². The highest BCUT2D eigenvalue weighted by Gasteiger charge is 2.25. The van der Waals surface area contributed by atoms with Gasteiger partial charge in [-0.2, -0.15) is 0 Å². The van der Waals surface area contributed by atoms with Gasteiger partial charge in [-0.3, -0.25) is 10.1 Å². The van der Waals surface area contributed by atoms with Crippen LogP contribution < -0.4 is 10.6 Å². The van der Waals surface area contributed by atoms with E-state index in [1.165, 1.54) is 38.1 Å². The molecule has 0 saturated heterocycles. The van der Waals surface area contributed by atoms with Crippen LogP contribution in [0.2, 0.25) is 0 Å². The summed E-state index contributed by atoms with van der Waals surface area (Å²) < 4.78 is 1.90. The molecule has 8 heteroatoms. The molecule has 0 spiro atoms. The van der Waals surface area contributed by atoms with Gasteiger partial charge in [0.05, 0.1) is 10.9 Å². The summed E-state index contributed by atoms with van der Waals surface area (Å²) in [7, 11) is 1.47. The average Bonchev–Trinajstić information content (AvgIpc) is 3.13. The molecule has 7 nitrogen and oxygen atoms in total. The van der Waals surface area contributed by atoms with Crippen LogP contribution in [0.4, 0.5) is 4.79 Å². The minimum Gasteiger partial charge on any atom is -0.341 e. The van der Waals surface area contributed by atoms with Crippen molar-refractivity contribution in [3.05, 3.63) is 36.2 Å². The molecule has 0 bridgehead atoms. The molecule has 0 radical (unpaired) electrons. The maximum absolute atomic E-state index is 12.1. The predicted octanol–water partition coefficient (Wildman–Crippen LogP) is 3.25. The Morgan fingerprint density at radius 2 is 1.89 bits per heavy atom. The third-order valence-corrected chi connectivity index (χ3v) is 5.65. The first kappa shape index (κ1) is 19.4. The normalized spacial score (nSPS) is 15.9. The minimum absolute atomic E-state index is 0.366. The smallest absolute Gasteiger partial charge is 0.321 e. The maximum Gasteiger partial charge on any atom is 0.321 e. The third-order valence-electron chi connectivity index (χ3n) is 4.70. The first-order chi connectivity index (χ1) is 13.1. The van der Waals surface area contributed by atoms with Crippen molar-refractivity contribution in [2.45, 2.75) is 55.4 Å². The average molecular weight is 388 g/mol. The molecular formula is C19H25N5O2S. The lowest BCUT2D eigenvalue weighted by atomic mass is 9.88. The van der Waals surface area contributed by atoms with Crippen LogP contribution in [0.3, 0.4) is 0 Å². The predicted molar refractivity (Wildman–Crippen MR) is 105 cm³/mol. The van der Waals surface area contributed by atoms with Crippen LogP contribution >= 0.6 is 11.8 Å². The Morgan fingerprint density at radius 1 is 1.19 bits per heavy atom. The number of aromatic nitrogens is 3. The molecule has 1 aliphatic rings. The number of carbonyl (C=O) groups is 2. The van der Waals surface area contributed by atoms with Crippen molar-refractivity contribution < 1.29 is 9.59 Å². The fraction of sp³-hybridized carbons (Fsp3) is 0.474. The van der Waals surface area contributed by atoms with Gasteiger partial charge in [0.25, 0.3) is 0 Å². The largest absolute Gasteiger partial charge is 0.341 e. The highest BCUT2D eigenvalue weighted by atomic mass is 32.2. The van der Waals surface area contributed by atoms with Crippen LogP contribution in [0, 0.1) is 0 Å². The van der Waals surface area contributed by atoms with Gasteiger partial charge in [0.15, 0.2) is 0 Å². The number of thioether (sulfide) groups is 1. The van der Waals surface area contributed by atoms with E-state index in [9.17, 15) is 9.59 Å². The fourth-order valence-electron chi connectivity index (χ4n) is 3.23. The number of imide groups is 1. The molecule has 0 unspecified atom stereocenters. The summed E-state index contributed by atoms with van der Waals surface area (Å²) in [5, 5.41) is 9.41. The molecule has 2 N–H and O–H groups in total. The Balaban J connectivity index is 1.82. The lowest BCUT2D eigenvalue weighted by Gasteiger charge is -2.21. The van der Waals surface area contributed by atoms with E-state index in [1.54, 1.807) is 6.92 Å². The van der Waals surface area contributed by atoms with Gasteiger partial charge >= 0.3 is 6.03 Å². The summed E-state index contributed by atoms with van der Waals surface area (Å²) in [5.74, 6) is 0.979. The second-order valence-corrected chi connectivity index (χ2v) is 7.97. The van der Waals surface area contributed by atoms with Gasteiger partial charge < -0.3 is 5.32 Å². The highest BCUT2D eigenvalue weighted by molar-refractivity contribution is 8.00. The van der Waals surface area contributed by atoms with Gasteiger partial charge in [-0.1, -0.05) is 49.2 Å². The summed E-state index contributed by atoms with van der Waals surface area (Å²) in [6, 6.07) is 9.44. The molecule has 27 heavy (non-hydrogen) atoms. The first-order valence-electron chi connectivity index (χ1n) is 9.30. The Labute approximate surface area is 163 Å². The number of carbonyl (C=O) groups excluding carboxylic acids is 2. The number of nitrogens with zero attached hydrogens (tertiary/aromatic N) is 3. The molecule has 0 aliphatic heterocycles. The van der Waals surface area contributed by atoms with Crippen LogP contribution in [-0.2, 0) is 4.79 Å². The van der Waals surface area contributed by atoms with E-state index in [0.717, 1.165) is 24.4 Å². The molecule has 1 fully saturated rings. The molecule has 1 aliphatic carbocycles. The summed E-state index contributed by atoms with van der Waals surface area (Å²) in [6.45, 7) is 1.74. The van der Waals surface area contributed by atoms with Crippen LogP contribution in [0.5, 0.6) is 0 Å². The van der Waals surface area contributed by atoms with Crippen molar-refractivity contribution in [3.8, 4) is 5.69 Å². The number of benzene rings is 1. The van der Waals surface area contributed by atoms with E-state index in [2.05, 4.69) is 15.7 Å². The number of hydrogen-bond acceptors (Lipinski definition) is 5. The summed E-state index contributed by atoms with van der Waals surface area (Å²) in [6.07, 6.45) is 5.92. The van der Waals surface area contributed by atoms with Gasteiger partial charge in [-0.05, 0) is 31.9 Å². The van der Waals surface area contributed by atoms with Crippen LogP contribution in [0.25, 0.3) is 5.69 Å². The number of para-hydroxylation sites is 1. The number of urea groups is 1. The van der Waals surface area contributed by atoms with Gasteiger partial charge in [0.2, 0.25) is 11.1 Å². The molecule has 2 aromatic rings. The van der Waals surface area contributed by atoms with E-state index in [0.29, 0.717) is 11.1 Å². The molecule has 1 saturated carbocycles. The van der Waals surface area contributed by atoms with Crippen LogP contribution in [0.15, 0.2) is 35.5 Å². The summed E-state index contributed by atoms with van der Waals surface area (Å²) >= 11 is 1.26. The number of rotatable bonds is 5. The zero-order chi connectivity index (χ0) is 19.2. The van der Waals surface area contributed by atoms with Crippen molar-refractivity contribution in [2.24, 2.45) is 0 Å². The Morgan fingerprint density at radius 3 is 2.56 bits per heavy atom. The lowest BCUT2D eigenvalue weighted by molar-refractivity contribution is -0.119. The second kappa shape index (κ2) is 9.03. The number of amides is 3. The standard InChI is InChI=1S/C19H25N5O2S/c1-13(17(25)22-18(26)20-2)27-19-21-16(14-9-5-3-6-10-14)24(23-19)15-11-7-4-8-12-15/h4,7-8,11-14H,3,5-6,9-10H2,1-2H3,(H2,20,22,25,26)/t13-/m0/s1. The Hall–Kier alpha value is -2.35. The van der Waals surface area contributed by atoms with Crippen molar-refractivity contribution in [1.29, 1.82) is 0 Å². The van der Waals surface area contributed by atoms with E-state index >= 15 is 0 Å². The zero-order valence-electron chi connectivity index (χ0n) is 15.6. The molecule has 1 aromatic heterocycles. The van der Waals surface area contributed by atoms with Gasteiger partial charge in [0, 0.05) is 13.0 Å². The van der Waals surface area contributed by atoms with Crippen LogP contribution in [0.1, 0.15) is 50.8 Å². The lowest BCUT2D eigenvalue weighted by Crippen LogP contribution is -2.41. The topological polar surface area (TPSA) is 88.9 Å². The first-order valence-corrected chi connectivity index (χ1v) is 10.2. The Bertz CT molecular complexity index is 787. The van der Waals surface area contributed by atoms with Gasteiger partial charge in [-0.15, -0.1) is 5.10 Å². The zero-order valence-corrected chi connectivity index (χ0v) is 16.5. The van der Waals surface area contributed by atoms with Crippen molar-refractivity contribution in [1.82, 2.24) is 25.4 Å². The quantitative estimate of drug-likeness (QED) is 0.769. The van der Waals surface area contributed by atoms with Crippen molar-refractivity contribution >= 4 is 23.7 Å². The van der Waals surface area contributed by atoms with Crippen molar-refractivity contribution in [2.75, 3.05) is 7.05 Å². The SMILES string of the molecule is CNC(=O)NC(=O)[C@H](C)Sc1nc(C2CCCCC2)n(-c2ccccc2)n1. The molecule has 1 atom stereocenters. The Kier molecular flexibility index (Phi) is 6.49. The van der Waals surface area contributed by atoms with E-state index in [4.69, 9.17) is 4.98 Å². The van der Waals surface area contributed by atoms with Crippen LogP contribution in [-0.4, -0.2) is 39.0 Å². The number of nitrogens with one attached hydrogen (secondary N) is 2. The third kappa shape index (κ3) is 4.88.